The number of amides is 2. The normalized spacial score (nSPS) is 15.7. The highest BCUT2D eigenvalue weighted by Crippen LogP contribution is 2.33. The standard InChI is InChI=1S/C25H27F3N8O2/c1-2-29-24(37)31-17-5-3-16(4-6-17)21-32-19-15-36(23-30-9-7-20(33-23)25(26,27)28)10-8-18(19)22(34-21)35-11-13-38-14-12-35/h3-7,9H,2,8,10-15H2,1H3,(H2,29,31,37). The Balaban J connectivity index is 1.47. The molecule has 2 N–H and O–H groups in total. The molecule has 38 heavy (non-hydrogen) atoms. The van der Waals surface area contributed by atoms with Crippen LogP contribution in [0.4, 0.5) is 35.4 Å². The van der Waals surface area contributed by atoms with E-state index in [1.165, 1.54) is 0 Å². The van der Waals surface area contributed by atoms with Crippen molar-refractivity contribution in [1.29, 1.82) is 0 Å². The van der Waals surface area contributed by atoms with Crippen LogP contribution in [0.1, 0.15) is 23.9 Å². The maximum atomic E-state index is 13.2. The predicted octanol–water partition coefficient (Wildman–Crippen LogP) is 3.49. The molecule has 2 aliphatic rings. The maximum absolute atomic E-state index is 13.2. The van der Waals surface area contributed by atoms with Gasteiger partial charge in [-0.2, -0.15) is 13.2 Å². The highest BCUT2D eigenvalue weighted by Gasteiger charge is 2.34. The molecule has 0 spiro atoms. The van der Waals surface area contributed by atoms with E-state index in [0.717, 1.165) is 29.2 Å². The third-order valence-electron chi connectivity index (χ3n) is 6.31. The van der Waals surface area contributed by atoms with Crippen LogP contribution < -0.4 is 20.4 Å². The van der Waals surface area contributed by atoms with Crippen LogP contribution in [0.3, 0.4) is 0 Å². The number of alkyl halides is 3. The van der Waals surface area contributed by atoms with Gasteiger partial charge in [0, 0.05) is 49.2 Å². The van der Waals surface area contributed by atoms with Crippen molar-refractivity contribution in [3.63, 3.8) is 0 Å². The molecule has 10 nitrogen and oxygen atoms in total. The van der Waals surface area contributed by atoms with Gasteiger partial charge in [-0.1, -0.05) is 0 Å². The summed E-state index contributed by atoms with van der Waals surface area (Å²) in [6, 6.07) is 7.75. The number of carbonyl (C=O) groups excluding carboxylic acids is 1. The molecular weight excluding hydrogens is 501 g/mol. The van der Waals surface area contributed by atoms with E-state index in [0.29, 0.717) is 63.0 Å². The average molecular weight is 529 g/mol. The Kier molecular flexibility index (Phi) is 7.27. The quantitative estimate of drug-likeness (QED) is 0.518. The lowest BCUT2D eigenvalue weighted by Crippen LogP contribution is -2.40. The number of benzene rings is 1. The molecule has 0 radical (unpaired) electrons. The van der Waals surface area contributed by atoms with Crippen LogP contribution in [0.2, 0.25) is 0 Å². The van der Waals surface area contributed by atoms with Crippen molar-refractivity contribution in [1.82, 2.24) is 25.3 Å². The van der Waals surface area contributed by atoms with Gasteiger partial charge in [-0.3, -0.25) is 0 Å². The fraction of sp³-hybridized carbons (Fsp3) is 0.400. The lowest BCUT2D eigenvalue weighted by atomic mass is 10.0. The zero-order chi connectivity index (χ0) is 26.7. The minimum absolute atomic E-state index is 0.0133. The number of ether oxygens (including phenoxy) is 1. The van der Waals surface area contributed by atoms with Crippen molar-refractivity contribution in [3.8, 4) is 11.4 Å². The number of rotatable bonds is 5. The van der Waals surface area contributed by atoms with Crippen molar-refractivity contribution in [2.45, 2.75) is 26.1 Å². The SMILES string of the molecule is CCNC(=O)Nc1ccc(-c2nc3c(c(N4CCOCC4)n2)CCN(c2nccc(C(F)(F)F)n2)C3)cc1. The van der Waals surface area contributed by atoms with E-state index in [-0.39, 0.29) is 18.5 Å². The Morgan fingerprint density at radius 3 is 2.50 bits per heavy atom. The number of carbonyl (C=O) groups is 1. The smallest absolute Gasteiger partial charge is 0.378 e. The van der Waals surface area contributed by atoms with E-state index in [1.54, 1.807) is 17.0 Å². The van der Waals surface area contributed by atoms with Gasteiger partial charge in [0.15, 0.2) is 5.82 Å². The van der Waals surface area contributed by atoms with Crippen molar-refractivity contribution in [3.05, 3.63) is 53.5 Å². The Morgan fingerprint density at radius 2 is 1.79 bits per heavy atom. The second-order valence-corrected chi connectivity index (χ2v) is 8.87. The number of urea groups is 1. The first kappa shape index (κ1) is 25.6. The van der Waals surface area contributed by atoms with Crippen molar-refractivity contribution < 1.29 is 22.7 Å². The number of nitrogens with one attached hydrogen (secondary N) is 2. The number of aromatic nitrogens is 4. The second kappa shape index (κ2) is 10.8. The average Bonchev–Trinajstić information content (AvgIpc) is 2.93. The largest absolute Gasteiger partial charge is 0.433 e. The third-order valence-corrected chi connectivity index (χ3v) is 6.31. The first-order valence-electron chi connectivity index (χ1n) is 12.3. The minimum atomic E-state index is -4.55. The topological polar surface area (TPSA) is 108 Å². The summed E-state index contributed by atoms with van der Waals surface area (Å²) in [6.45, 7) is 5.56. The Hall–Kier alpha value is -4.00. The molecule has 5 rings (SSSR count). The molecule has 0 saturated carbocycles. The van der Waals surface area contributed by atoms with Gasteiger partial charge >= 0.3 is 12.2 Å². The summed E-state index contributed by atoms with van der Waals surface area (Å²) in [5.74, 6) is 1.31. The zero-order valence-electron chi connectivity index (χ0n) is 20.8. The summed E-state index contributed by atoms with van der Waals surface area (Å²) in [6.07, 6.45) is -2.89. The Labute approximate surface area is 217 Å². The van der Waals surface area contributed by atoms with Crippen molar-refractivity contribution >= 4 is 23.5 Å². The molecule has 13 heteroatoms. The number of morpholine rings is 1. The Bertz CT molecular complexity index is 1300. The number of hydrogen-bond donors (Lipinski definition) is 2. The van der Waals surface area contributed by atoms with Gasteiger partial charge in [-0.05, 0) is 43.7 Å². The second-order valence-electron chi connectivity index (χ2n) is 8.87. The van der Waals surface area contributed by atoms with Gasteiger partial charge in [0.2, 0.25) is 5.95 Å². The molecule has 1 fully saturated rings. The van der Waals surface area contributed by atoms with Crippen LogP contribution >= 0.6 is 0 Å². The predicted molar refractivity (Wildman–Crippen MR) is 135 cm³/mol. The number of anilines is 3. The van der Waals surface area contributed by atoms with E-state index in [1.807, 2.05) is 19.1 Å². The number of hydrogen-bond acceptors (Lipinski definition) is 8. The molecule has 2 aromatic heterocycles. The molecule has 2 amide bonds. The van der Waals surface area contributed by atoms with E-state index in [9.17, 15) is 18.0 Å². The first-order valence-corrected chi connectivity index (χ1v) is 12.3. The highest BCUT2D eigenvalue weighted by atomic mass is 19.4. The van der Waals surface area contributed by atoms with Crippen LogP contribution in [0.15, 0.2) is 36.5 Å². The molecule has 1 saturated heterocycles. The van der Waals surface area contributed by atoms with Gasteiger partial charge in [-0.25, -0.2) is 24.7 Å². The molecule has 4 heterocycles. The molecule has 0 bridgehead atoms. The zero-order valence-corrected chi connectivity index (χ0v) is 20.8. The van der Waals surface area contributed by atoms with Crippen LogP contribution in [0.5, 0.6) is 0 Å². The van der Waals surface area contributed by atoms with Crippen molar-refractivity contribution in [2.75, 3.05) is 54.5 Å². The maximum Gasteiger partial charge on any atom is 0.433 e. The third kappa shape index (κ3) is 5.62. The summed E-state index contributed by atoms with van der Waals surface area (Å²) >= 11 is 0. The Morgan fingerprint density at radius 1 is 1.03 bits per heavy atom. The molecule has 0 aliphatic carbocycles. The fourth-order valence-electron chi connectivity index (χ4n) is 4.44. The van der Waals surface area contributed by atoms with Gasteiger partial charge in [0.25, 0.3) is 0 Å². The highest BCUT2D eigenvalue weighted by molar-refractivity contribution is 5.89. The van der Waals surface area contributed by atoms with E-state index in [4.69, 9.17) is 14.7 Å². The lowest BCUT2D eigenvalue weighted by Gasteiger charge is -2.34. The number of fused-ring (bicyclic) bond motifs is 1. The van der Waals surface area contributed by atoms with Gasteiger partial charge in [-0.15, -0.1) is 0 Å². The number of nitrogens with zero attached hydrogens (tertiary/aromatic N) is 6. The summed E-state index contributed by atoms with van der Waals surface area (Å²) in [5, 5.41) is 5.44. The number of halogens is 3. The van der Waals surface area contributed by atoms with Crippen LogP contribution in [0, 0.1) is 0 Å². The van der Waals surface area contributed by atoms with E-state index < -0.39 is 11.9 Å². The summed E-state index contributed by atoms with van der Waals surface area (Å²) in [7, 11) is 0. The minimum Gasteiger partial charge on any atom is -0.378 e. The first-order chi connectivity index (χ1) is 18.3. The fourth-order valence-corrected chi connectivity index (χ4v) is 4.44. The molecule has 1 aromatic carbocycles. The van der Waals surface area contributed by atoms with E-state index >= 15 is 0 Å². The summed E-state index contributed by atoms with van der Waals surface area (Å²) in [5.41, 5.74) is 2.07. The summed E-state index contributed by atoms with van der Waals surface area (Å²) in [4.78, 5) is 33.3. The van der Waals surface area contributed by atoms with Crippen molar-refractivity contribution in [2.24, 2.45) is 0 Å². The van der Waals surface area contributed by atoms with E-state index in [2.05, 4.69) is 25.5 Å². The van der Waals surface area contributed by atoms with Gasteiger partial charge in [0.1, 0.15) is 11.5 Å². The van der Waals surface area contributed by atoms with Crippen LogP contribution in [-0.2, 0) is 23.9 Å². The molecular formula is C25H27F3N8O2. The molecule has 3 aromatic rings. The van der Waals surface area contributed by atoms with Gasteiger partial charge in [0.05, 0.1) is 25.5 Å². The summed E-state index contributed by atoms with van der Waals surface area (Å²) < 4.78 is 45.2. The molecule has 200 valence electrons. The molecule has 2 aliphatic heterocycles. The molecule has 0 atom stereocenters. The lowest BCUT2D eigenvalue weighted by molar-refractivity contribution is -0.141. The molecule has 0 unspecified atom stereocenters. The monoisotopic (exact) mass is 528 g/mol. The van der Waals surface area contributed by atoms with Gasteiger partial charge < -0.3 is 25.2 Å². The van der Waals surface area contributed by atoms with Crippen LogP contribution in [0.25, 0.3) is 11.4 Å². The van der Waals surface area contributed by atoms with Crippen LogP contribution in [-0.4, -0.2) is 65.4 Å².